The van der Waals surface area contributed by atoms with Gasteiger partial charge in [-0.2, -0.15) is 0 Å². The molecule has 7 aromatic rings. The van der Waals surface area contributed by atoms with E-state index in [9.17, 15) is 0 Å². The molecule has 40 heteroatoms. The number of thioether (sulfide) groups is 4. The van der Waals surface area contributed by atoms with Crippen LogP contribution in [-0.4, -0.2) is 378 Å². The summed E-state index contributed by atoms with van der Waals surface area (Å²) in [6.07, 6.45) is 0. The molecule has 0 radical (unpaired) electrons. The van der Waals surface area contributed by atoms with Gasteiger partial charge in [0, 0.05) is 116 Å². The predicted molar refractivity (Wildman–Crippen MR) is 520 cm³/mol. The number of ether oxygens (including phenoxy) is 24. The lowest BCUT2D eigenvalue weighted by atomic mass is 10.1. The van der Waals surface area contributed by atoms with E-state index in [1.165, 1.54) is 47.0 Å². The number of rotatable bonds is 80. The Labute approximate surface area is 812 Å². The summed E-state index contributed by atoms with van der Waals surface area (Å²) in [5.74, 6) is 1.14. The Balaban J connectivity index is 1.23. The first-order valence-electron chi connectivity index (χ1n) is 45.6. The topological polar surface area (TPSA) is 330 Å². The predicted octanol–water partition coefficient (Wildman–Crippen LogP) is 15.9. The van der Waals surface area contributed by atoms with Crippen molar-refractivity contribution in [3.63, 3.8) is 0 Å². The molecule has 0 saturated heterocycles. The first-order chi connectivity index (χ1) is 64.9. The molecule has 4 aromatic carbocycles. The number of nitrogens with one attached hydrogen (secondary N) is 2. The highest BCUT2D eigenvalue weighted by Crippen LogP contribution is 2.47. The summed E-state index contributed by atoms with van der Waals surface area (Å²) in [7, 11) is 0. The summed E-state index contributed by atoms with van der Waals surface area (Å²) in [4.78, 5) is 43.0. The van der Waals surface area contributed by atoms with Crippen LogP contribution in [0.4, 0.5) is 0 Å². The number of halogens is 4. The van der Waals surface area contributed by atoms with Crippen molar-refractivity contribution in [1.82, 2.24) is 39.9 Å². The minimum Gasteiger partial charge on any atom is -0.379 e. The molecular formula is C92H134Cl4N8O24S4. The van der Waals surface area contributed by atoms with Crippen molar-refractivity contribution in [3.8, 4) is 45.6 Å². The van der Waals surface area contributed by atoms with Crippen molar-refractivity contribution in [2.24, 2.45) is 0 Å². The smallest absolute Gasteiger partial charge is 0.164 e. The van der Waals surface area contributed by atoms with Crippen LogP contribution >= 0.6 is 93.5 Å². The van der Waals surface area contributed by atoms with Crippen molar-refractivity contribution in [2.75, 3.05) is 317 Å². The van der Waals surface area contributed by atoms with E-state index in [1.54, 1.807) is 0 Å². The number of aromatic amines is 2. The number of aromatic nitrogens is 8. The van der Waals surface area contributed by atoms with E-state index in [-0.39, 0.29) is 91.3 Å². The molecule has 32 nitrogen and oxygen atoms in total. The van der Waals surface area contributed by atoms with Crippen molar-refractivity contribution >= 4 is 138 Å². The van der Waals surface area contributed by atoms with Gasteiger partial charge in [0.15, 0.2) is 23.3 Å². The monoisotopic (exact) mass is 2000 g/mol. The second-order valence-corrected chi connectivity index (χ2v) is 36.0. The third kappa shape index (κ3) is 40.6. The van der Waals surface area contributed by atoms with E-state index >= 15 is 0 Å². The van der Waals surface area contributed by atoms with Gasteiger partial charge in [-0.15, -0.1) is 47.0 Å². The molecule has 0 fully saturated rings. The third-order valence-electron chi connectivity index (χ3n) is 19.2. The van der Waals surface area contributed by atoms with Gasteiger partial charge in [0.25, 0.3) is 0 Å². The maximum Gasteiger partial charge on any atom is 0.164 e. The molecule has 0 aliphatic carbocycles. The number of benzene rings is 4. The Morgan fingerprint density at radius 2 is 0.364 bits per heavy atom. The first kappa shape index (κ1) is 111. The SMILES string of the molecule is CCOCCOCCOCC(COCCOCCOCC)Sc1cc2c(cc1Cl)-c1nc-2nc2[nH]c(nc3nc(nc4[nH]c(n1)c1cc(SC(COCCOCCOCC)COCCOCCOCC)c(Cl)cc41)-c1cc(Cl)c(SC(COCCOCCOCC)COCCOCCOCC)cc1-3)c1cc(SC(COCCOCCOCC)COCCOCCOCC)c(Cl)cc21. The zero-order chi connectivity index (χ0) is 93.2. The molecule has 2 aliphatic rings. The number of nitrogens with zero attached hydrogens (tertiary/aromatic N) is 6. The van der Waals surface area contributed by atoms with Gasteiger partial charge < -0.3 is 124 Å². The summed E-state index contributed by atoms with van der Waals surface area (Å²) < 4.78 is 141. The molecule has 5 heterocycles. The fourth-order valence-corrected chi connectivity index (χ4v) is 18.3. The maximum atomic E-state index is 7.64. The minimum atomic E-state index is -0.277. The van der Waals surface area contributed by atoms with Gasteiger partial charge in [-0.25, -0.2) is 29.9 Å². The molecule has 0 atom stereocenters. The normalized spacial score (nSPS) is 12.2. The van der Waals surface area contributed by atoms with Crippen LogP contribution in [0.5, 0.6) is 0 Å². The molecule has 0 unspecified atom stereocenters. The Morgan fingerprint density at radius 1 is 0.205 bits per heavy atom. The standard InChI is InChI=1S/C92H134Cl4N8O24S4/c1-9-105-17-25-113-33-41-121-57-65(58-122-42-34-114-26-18-106-10-2)129-81-53-73-69(49-77(81)93)85-97-86-70-50-78(94)83(131-67(61-125-45-37-117-29-21-109-13-5)62-126-46-38-118-30-22-110-14-6)55-75(70)91(99-86)104-92-76-56-84(132-68(63-127-47-39-119-31-23-111-15-7)64-128-48-40-120-32-24-112-16-8)80(96)52-72(76)88(103-92)102-90-74-54-82(79(95)51-71(74)87(101-90)100-89(73)98-85)130-66(59-123-43-35-115-27-19-107-11-3)60-124-44-36-116-28-20-108-12-4/h49-56,65-68H,9-48,57-64H2,1-8H3,(H2,97,98,99,100,101,102,103,104). The van der Waals surface area contributed by atoms with Crippen molar-refractivity contribution in [1.29, 1.82) is 0 Å². The molecule has 8 bridgehead atoms. The molecule has 0 saturated carbocycles. The quantitative estimate of drug-likeness (QED) is 0.0264. The van der Waals surface area contributed by atoms with Crippen molar-refractivity contribution in [3.05, 3.63) is 68.6 Å². The lowest BCUT2D eigenvalue weighted by Gasteiger charge is -2.19. The van der Waals surface area contributed by atoms with Crippen molar-refractivity contribution in [2.45, 2.75) is 96.0 Å². The van der Waals surface area contributed by atoms with Crippen molar-refractivity contribution < 1.29 is 114 Å². The van der Waals surface area contributed by atoms with E-state index in [0.717, 1.165) is 0 Å². The Kier molecular flexibility index (Phi) is 57.4. The Morgan fingerprint density at radius 3 is 0.561 bits per heavy atom. The molecular weight excluding hydrogens is 1870 g/mol. The molecule has 132 heavy (non-hydrogen) atoms. The lowest BCUT2D eigenvalue weighted by Crippen LogP contribution is -2.22. The molecule has 0 amide bonds. The van der Waals surface area contributed by atoms with E-state index in [0.29, 0.717) is 376 Å². The molecule has 2 aliphatic heterocycles. The second-order valence-electron chi connectivity index (χ2n) is 29.0. The van der Waals surface area contributed by atoms with Gasteiger partial charge in [-0.3, -0.25) is 0 Å². The fourth-order valence-electron chi connectivity index (χ4n) is 12.9. The summed E-state index contributed by atoms with van der Waals surface area (Å²) in [5, 5.41) is 3.07. The summed E-state index contributed by atoms with van der Waals surface area (Å²) in [6.45, 7) is 35.7. The van der Waals surface area contributed by atoms with Crippen LogP contribution < -0.4 is 0 Å². The van der Waals surface area contributed by atoms with Gasteiger partial charge in [0.1, 0.15) is 22.6 Å². The van der Waals surface area contributed by atoms with Gasteiger partial charge in [-0.1, -0.05) is 46.4 Å². The van der Waals surface area contributed by atoms with Crippen LogP contribution in [-0.2, 0) is 114 Å². The molecule has 2 N–H and O–H groups in total. The Hall–Kier alpha value is -4.16. The average molecular weight is 2010 g/mol. The third-order valence-corrected chi connectivity index (χ3v) is 25.7. The minimum absolute atomic E-state index is 0.270. The van der Waals surface area contributed by atoms with E-state index in [2.05, 4.69) is 9.97 Å². The van der Waals surface area contributed by atoms with Gasteiger partial charge >= 0.3 is 0 Å². The highest BCUT2D eigenvalue weighted by Gasteiger charge is 2.29. The van der Waals surface area contributed by atoms with E-state index < -0.39 is 0 Å². The summed E-state index contributed by atoms with van der Waals surface area (Å²) in [5.41, 5.74) is 3.87. The van der Waals surface area contributed by atoms with Crippen LogP contribution in [0, 0.1) is 0 Å². The number of H-pyrrole nitrogens is 2. The number of fused-ring (bicyclic) bond motifs is 20. The lowest BCUT2D eigenvalue weighted by molar-refractivity contribution is 0.00330. The van der Waals surface area contributed by atoms with Crippen LogP contribution in [0.3, 0.4) is 0 Å². The van der Waals surface area contributed by atoms with Crippen LogP contribution in [0.1, 0.15) is 55.4 Å². The van der Waals surface area contributed by atoms with E-state index in [1.807, 2.05) is 104 Å². The Bertz CT molecular complexity index is 4470. The zero-order valence-electron chi connectivity index (χ0n) is 77.5. The average Bonchev–Trinajstić information content (AvgIpc) is 1.59. The fraction of sp³-hybridized carbons (Fsp3) is 0.652. The molecule has 0 spiro atoms. The van der Waals surface area contributed by atoms with Crippen LogP contribution in [0.15, 0.2) is 68.1 Å². The maximum absolute atomic E-state index is 7.64. The molecule has 3 aromatic heterocycles. The van der Waals surface area contributed by atoms with E-state index in [4.69, 9.17) is 190 Å². The summed E-state index contributed by atoms with van der Waals surface area (Å²) in [6, 6.07) is 15.5. The van der Waals surface area contributed by atoms with Gasteiger partial charge in [0.2, 0.25) is 0 Å². The van der Waals surface area contributed by atoms with Gasteiger partial charge in [-0.05, 0) is 104 Å². The summed E-state index contributed by atoms with van der Waals surface area (Å²) >= 11 is 36.5. The van der Waals surface area contributed by atoms with Crippen LogP contribution in [0.2, 0.25) is 20.1 Å². The highest BCUT2D eigenvalue weighted by molar-refractivity contribution is 8.00. The molecule has 738 valence electrons. The first-order valence-corrected chi connectivity index (χ1v) is 50.6. The second kappa shape index (κ2) is 68.0. The van der Waals surface area contributed by atoms with Crippen LogP contribution in [0.25, 0.3) is 89.7 Å². The number of hydrogen-bond acceptors (Lipinski definition) is 34. The number of hydrogen-bond donors (Lipinski definition) is 2. The highest BCUT2D eigenvalue weighted by atomic mass is 35.5. The van der Waals surface area contributed by atoms with Gasteiger partial charge in [0.05, 0.1) is 305 Å². The largest absolute Gasteiger partial charge is 0.379 e. The molecule has 9 rings (SSSR count). The zero-order valence-corrected chi connectivity index (χ0v) is 83.8.